The van der Waals surface area contributed by atoms with Gasteiger partial charge < -0.3 is 15.8 Å². The molecule has 1 atom stereocenters. The number of amidine groups is 1. The molecule has 0 spiro atoms. The third kappa shape index (κ3) is 3.17. The Labute approximate surface area is 125 Å². The molecule has 0 aliphatic carbocycles. The van der Waals surface area contributed by atoms with E-state index in [1.165, 1.54) is 0 Å². The number of carbonyl (C=O) groups excluding carboxylic acids is 1. The minimum Gasteiger partial charge on any atom is -0.409 e. The molecule has 1 amide bonds. The van der Waals surface area contributed by atoms with E-state index >= 15 is 0 Å². The number of nitrogens with zero attached hydrogens (tertiary/aromatic N) is 2. The molecule has 2 rings (SSSR count). The van der Waals surface area contributed by atoms with Gasteiger partial charge in [-0.15, -0.1) is 0 Å². The maximum atomic E-state index is 12.5. The van der Waals surface area contributed by atoms with Gasteiger partial charge in [0.05, 0.1) is 6.04 Å². The number of oxime groups is 1. The Balaban J connectivity index is 2.22. The van der Waals surface area contributed by atoms with Crippen molar-refractivity contribution in [2.24, 2.45) is 10.9 Å². The number of nitrogens with two attached hydrogens (primary N) is 1. The van der Waals surface area contributed by atoms with Gasteiger partial charge in [-0.1, -0.05) is 5.16 Å². The second-order valence-corrected chi connectivity index (χ2v) is 5.79. The first-order valence-electron chi connectivity index (χ1n) is 6.17. The Morgan fingerprint density at radius 3 is 2.68 bits per heavy atom. The summed E-state index contributed by atoms with van der Waals surface area (Å²) in [7, 11) is 0. The van der Waals surface area contributed by atoms with Crippen LogP contribution in [0, 0.1) is 3.57 Å². The molecule has 1 aliphatic heterocycles. The van der Waals surface area contributed by atoms with Crippen LogP contribution in [0.15, 0.2) is 29.4 Å². The van der Waals surface area contributed by atoms with Crippen LogP contribution in [0.25, 0.3) is 0 Å². The topological polar surface area (TPSA) is 78.9 Å². The molecular formula is C13H16IN3O2. The monoisotopic (exact) mass is 373 g/mol. The fourth-order valence-corrected chi connectivity index (χ4v) is 2.67. The standard InChI is InChI=1S/C13H16IN3O2/c14-10-6-4-9(5-7-10)13(18)17-8-2-1-3-11(17)12(15)16-19/h4-7,11,19H,1-3,8H2,(H2,15,16). The van der Waals surface area contributed by atoms with Crippen LogP contribution >= 0.6 is 22.6 Å². The largest absolute Gasteiger partial charge is 0.409 e. The first-order valence-corrected chi connectivity index (χ1v) is 7.25. The van der Waals surface area contributed by atoms with Gasteiger partial charge in [-0.25, -0.2) is 0 Å². The Kier molecular flexibility index (Phi) is 4.62. The van der Waals surface area contributed by atoms with Gasteiger partial charge in [0.15, 0.2) is 5.84 Å². The number of carbonyl (C=O) groups is 1. The molecule has 6 heteroatoms. The van der Waals surface area contributed by atoms with Crippen LogP contribution in [0.2, 0.25) is 0 Å². The summed E-state index contributed by atoms with van der Waals surface area (Å²) in [6.45, 7) is 0.645. The van der Waals surface area contributed by atoms with Gasteiger partial charge in [0, 0.05) is 15.7 Å². The van der Waals surface area contributed by atoms with E-state index in [4.69, 9.17) is 10.9 Å². The molecule has 102 valence electrons. The van der Waals surface area contributed by atoms with Crippen molar-refractivity contribution < 1.29 is 10.0 Å². The number of piperidine rings is 1. The lowest BCUT2D eigenvalue weighted by atomic mass is 10.00. The highest BCUT2D eigenvalue weighted by atomic mass is 127. The summed E-state index contributed by atoms with van der Waals surface area (Å²) in [4.78, 5) is 14.2. The molecular weight excluding hydrogens is 357 g/mol. The van der Waals surface area contributed by atoms with E-state index in [2.05, 4.69) is 27.7 Å². The van der Waals surface area contributed by atoms with E-state index in [1.807, 2.05) is 24.3 Å². The number of rotatable bonds is 2. The van der Waals surface area contributed by atoms with E-state index in [-0.39, 0.29) is 17.8 Å². The number of benzene rings is 1. The lowest BCUT2D eigenvalue weighted by molar-refractivity contribution is 0.0676. The molecule has 3 N–H and O–H groups in total. The van der Waals surface area contributed by atoms with Crippen molar-refractivity contribution in [2.75, 3.05) is 6.54 Å². The minimum absolute atomic E-state index is 0.0623. The normalized spacial score (nSPS) is 20.4. The van der Waals surface area contributed by atoms with E-state index in [9.17, 15) is 4.79 Å². The maximum Gasteiger partial charge on any atom is 0.254 e. The summed E-state index contributed by atoms with van der Waals surface area (Å²) in [5.41, 5.74) is 6.32. The van der Waals surface area contributed by atoms with Crippen molar-refractivity contribution in [2.45, 2.75) is 25.3 Å². The fraction of sp³-hybridized carbons (Fsp3) is 0.385. The van der Waals surface area contributed by atoms with Gasteiger partial charge >= 0.3 is 0 Å². The third-order valence-electron chi connectivity index (χ3n) is 3.31. The molecule has 1 aromatic rings. The molecule has 1 saturated heterocycles. The van der Waals surface area contributed by atoms with Crippen molar-refractivity contribution >= 4 is 34.3 Å². The second kappa shape index (κ2) is 6.23. The van der Waals surface area contributed by atoms with E-state index in [0.29, 0.717) is 12.1 Å². The summed E-state index contributed by atoms with van der Waals surface area (Å²) in [5, 5.41) is 11.9. The van der Waals surface area contributed by atoms with E-state index in [0.717, 1.165) is 22.8 Å². The van der Waals surface area contributed by atoms with Crippen molar-refractivity contribution in [3.8, 4) is 0 Å². The predicted molar refractivity (Wildman–Crippen MR) is 81.2 cm³/mol. The highest BCUT2D eigenvalue weighted by molar-refractivity contribution is 14.1. The average Bonchev–Trinajstić information content (AvgIpc) is 2.46. The average molecular weight is 373 g/mol. The van der Waals surface area contributed by atoms with Crippen LogP contribution in [0.4, 0.5) is 0 Å². The Hall–Kier alpha value is -1.31. The second-order valence-electron chi connectivity index (χ2n) is 4.54. The van der Waals surface area contributed by atoms with Crippen LogP contribution in [0.1, 0.15) is 29.6 Å². The van der Waals surface area contributed by atoms with Crippen LogP contribution < -0.4 is 5.73 Å². The van der Waals surface area contributed by atoms with E-state index < -0.39 is 0 Å². The molecule has 1 fully saturated rings. The zero-order valence-corrected chi connectivity index (χ0v) is 12.6. The van der Waals surface area contributed by atoms with Gasteiger partial charge in [0.25, 0.3) is 5.91 Å². The first kappa shape index (κ1) is 14.1. The Morgan fingerprint density at radius 2 is 2.05 bits per heavy atom. The van der Waals surface area contributed by atoms with Crippen LogP contribution in [0.3, 0.4) is 0 Å². The Bertz CT molecular complexity index is 487. The van der Waals surface area contributed by atoms with Gasteiger partial charge in [-0.2, -0.15) is 0 Å². The molecule has 0 saturated carbocycles. The molecule has 5 nitrogen and oxygen atoms in total. The predicted octanol–water partition coefficient (Wildman–Crippen LogP) is 2.03. The van der Waals surface area contributed by atoms with Crippen LogP contribution in [-0.2, 0) is 0 Å². The SMILES string of the molecule is NC(=NO)C1CCCCN1C(=O)c1ccc(I)cc1. The molecule has 1 aromatic carbocycles. The summed E-state index contributed by atoms with van der Waals surface area (Å²) in [6.07, 6.45) is 2.68. The van der Waals surface area contributed by atoms with Crippen LogP contribution in [0.5, 0.6) is 0 Å². The lowest BCUT2D eigenvalue weighted by Crippen LogP contribution is -2.50. The summed E-state index contributed by atoms with van der Waals surface area (Å²) in [6, 6.07) is 7.11. The van der Waals surface area contributed by atoms with Crippen molar-refractivity contribution in [3.05, 3.63) is 33.4 Å². The molecule has 1 aliphatic rings. The minimum atomic E-state index is -0.300. The van der Waals surface area contributed by atoms with Crippen molar-refractivity contribution in [1.82, 2.24) is 4.90 Å². The maximum absolute atomic E-state index is 12.5. The smallest absolute Gasteiger partial charge is 0.254 e. The van der Waals surface area contributed by atoms with Gasteiger partial charge in [-0.05, 0) is 66.1 Å². The fourth-order valence-electron chi connectivity index (χ4n) is 2.31. The number of amides is 1. The van der Waals surface area contributed by atoms with Gasteiger partial charge in [0.2, 0.25) is 0 Å². The molecule has 0 aromatic heterocycles. The molecule has 19 heavy (non-hydrogen) atoms. The highest BCUT2D eigenvalue weighted by Crippen LogP contribution is 2.20. The number of hydrogen-bond acceptors (Lipinski definition) is 3. The molecule has 1 heterocycles. The number of likely N-dealkylation sites (tertiary alicyclic amines) is 1. The third-order valence-corrected chi connectivity index (χ3v) is 4.03. The first-order chi connectivity index (χ1) is 9.13. The zero-order valence-electron chi connectivity index (χ0n) is 10.4. The molecule has 1 unspecified atom stereocenters. The van der Waals surface area contributed by atoms with Gasteiger partial charge in [0.1, 0.15) is 0 Å². The molecule has 0 bridgehead atoms. The van der Waals surface area contributed by atoms with Crippen molar-refractivity contribution in [1.29, 1.82) is 0 Å². The summed E-state index contributed by atoms with van der Waals surface area (Å²) >= 11 is 2.20. The van der Waals surface area contributed by atoms with E-state index in [1.54, 1.807) is 4.90 Å². The number of halogens is 1. The summed E-state index contributed by atoms with van der Waals surface area (Å²) in [5.74, 6) is 0.0475. The summed E-state index contributed by atoms with van der Waals surface area (Å²) < 4.78 is 1.08. The lowest BCUT2D eigenvalue weighted by Gasteiger charge is -2.34. The zero-order chi connectivity index (χ0) is 13.8. The van der Waals surface area contributed by atoms with Crippen LogP contribution in [-0.4, -0.2) is 34.4 Å². The molecule has 0 radical (unpaired) electrons. The Morgan fingerprint density at radius 1 is 1.37 bits per heavy atom. The van der Waals surface area contributed by atoms with Gasteiger partial charge in [-0.3, -0.25) is 4.79 Å². The number of hydrogen-bond donors (Lipinski definition) is 2. The van der Waals surface area contributed by atoms with Crippen molar-refractivity contribution in [3.63, 3.8) is 0 Å². The highest BCUT2D eigenvalue weighted by Gasteiger charge is 2.30. The quantitative estimate of drug-likeness (QED) is 0.274.